The number of hydrogen-bond donors (Lipinski definition) is 1. The lowest BCUT2D eigenvalue weighted by molar-refractivity contribution is -0.167. The van der Waals surface area contributed by atoms with Gasteiger partial charge in [-0.05, 0) is 0 Å². The minimum Gasteiger partial charge on any atom is -0.578 e. The molecule has 46 valence electrons. The molecule has 0 aromatic carbocycles. The highest BCUT2D eigenvalue weighted by Crippen LogP contribution is 2.09. The molecule has 1 aliphatic rings. The molecule has 0 aromatic rings. The van der Waals surface area contributed by atoms with E-state index < -0.39 is 8.18 Å². The Bertz CT molecular complexity index is 103. The molecule has 0 bridgehead atoms. The van der Waals surface area contributed by atoms with Crippen molar-refractivity contribution in [1.29, 1.82) is 0 Å². The van der Waals surface area contributed by atoms with Gasteiger partial charge in [0.1, 0.15) is 0 Å². The molecule has 1 rings (SSSR count). The van der Waals surface area contributed by atoms with E-state index in [1.807, 2.05) is 0 Å². The summed E-state index contributed by atoms with van der Waals surface area (Å²) < 4.78 is 14.5. The average Bonchev–Trinajstić information content (AvgIpc) is 2.41. The van der Waals surface area contributed by atoms with E-state index in [0.717, 1.165) is 0 Å². The van der Waals surface area contributed by atoms with E-state index >= 15 is 0 Å². The fraction of sp³-hybridized carbons (Fsp3) is 1.00. The second-order valence-corrected chi connectivity index (χ2v) is 2.41. The molecule has 1 saturated heterocycles. The minimum absolute atomic E-state index is 0.142. The first-order valence-corrected chi connectivity index (χ1v) is 3.46. The summed E-state index contributed by atoms with van der Waals surface area (Å²) in [6.45, 7) is 1.12. The van der Waals surface area contributed by atoms with Gasteiger partial charge in [0.25, 0.3) is 0 Å². The second kappa shape index (κ2) is 2.51. The molecule has 2 atom stereocenters. The molecule has 0 aromatic heterocycles. The average molecular weight is 135 g/mol. The van der Waals surface area contributed by atoms with Crippen molar-refractivity contribution in [2.24, 2.45) is 0 Å². The second-order valence-electron chi connectivity index (χ2n) is 1.57. The first-order valence-electron chi connectivity index (χ1n) is 2.28. The first-order chi connectivity index (χ1) is 3.79. The van der Waals surface area contributed by atoms with Crippen LogP contribution in [0.3, 0.4) is 0 Å². The summed E-state index contributed by atoms with van der Waals surface area (Å²) in [5.74, 6) is 0. The van der Waals surface area contributed by atoms with E-state index in [2.05, 4.69) is 5.09 Å². The van der Waals surface area contributed by atoms with E-state index in [9.17, 15) is 9.46 Å². The Morgan fingerprint density at radius 3 is 3.00 bits per heavy atom. The topological polar surface area (TPSA) is 64.7 Å². The highest BCUT2D eigenvalue weighted by molar-refractivity contribution is 7.33. The highest BCUT2D eigenvalue weighted by Gasteiger charge is 2.23. The quantitative estimate of drug-likeness (QED) is 0.398. The third-order valence-electron chi connectivity index (χ3n) is 0.850. The molecule has 1 aliphatic heterocycles. The van der Waals surface area contributed by atoms with E-state index in [-0.39, 0.29) is 6.10 Å². The van der Waals surface area contributed by atoms with Crippen LogP contribution in [-0.2, 0) is 9.30 Å². The SMILES string of the molecule is O=[P+]([O-])NCC1CO1. The monoisotopic (exact) mass is 135 g/mol. The van der Waals surface area contributed by atoms with E-state index in [0.29, 0.717) is 13.2 Å². The standard InChI is InChI=1S/C3H6NO3P/c5-8(6)4-1-3-2-7-3/h3H,1-2H2,(H,4,5,6). The zero-order valence-electron chi connectivity index (χ0n) is 4.16. The van der Waals surface area contributed by atoms with Gasteiger partial charge in [0.15, 0.2) is 0 Å². The summed E-state index contributed by atoms with van der Waals surface area (Å²) in [5.41, 5.74) is 0. The highest BCUT2D eigenvalue weighted by atomic mass is 31.1. The summed E-state index contributed by atoms with van der Waals surface area (Å²) in [6.07, 6.45) is 0.142. The molecule has 5 heteroatoms. The largest absolute Gasteiger partial charge is 0.578 e. The molecule has 1 N–H and O–H groups in total. The molecule has 1 fully saturated rings. The number of epoxide rings is 1. The minimum atomic E-state index is -2.42. The Labute approximate surface area is 47.8 Å². The molecule has 1 heterocycles. The van der Waals surface area contributed by atoms with Crippen LogP contribution in [0, 0.1) is 0 Å². The molecule has 8 heavy (non-hydrogen) atoms. The lowest BCUT2D eigenvalue weighted by atomic mass is 10.5. The van der Waals surface area contributed by atoms with Gasteiger partial charge in [-0.25, -0.2) is 0 Å². The number of nitrogens with one attached hydrogen (secondary N) is 1. The third-order valence-corrected chi connectivity index (χ3v) is 1.29. The van der Waals surface area contributed by atoms with E-state index in [1.54, 1.807) is 0 Å². The van der Waals surface area contributed by atoms with Crippen LogP contribution in [0.4, 0.5) is 0 Å². The Hall–Kier alpha value is -0.0200. The van der Waals surface area contributed by atoms with Crippen LogP contribution in [0.25, 0.3) is 0 Å². The molecule has 2 unspecified atom stereocenters. The van der Waals surface area contributed by atoms with Gasteiger partial charge in [0.05, 0.1) is 19.3 Å². The molecule has 0 saturated carbocycles. The van der Waals surface area contributed by atoms with Crippen LogP contribution in [0.1, 0.15) is 0 Å². The predicted molar refractivity (Wildman–Crippen MR) is 25.3 cm³/mol. The maximum Gasteiger partial charge on any atom is 0.408 e. The van der Waals surface area contributed by atoms with Crippen molar-refractivity contribution in [2.75, 3.05) is 13.2 Å². The van der Waals surface area contributed by atoms with Gasteiger partial charge in [-0.2, -0.15) is 0 Å². The zero-order chi connectivity index (χ0) is 5.98. The van der Waals surface area contributed by atoms with Gasteiger partial charge in [-0.1, -0.05) is 4.57 Å². The zero-order valence-corrected chi connectivity index (χ0v) is 5.06. The van der Waals surface area contributed by atoms with Gasteiger partial charge >= 0.3 is 8.18 Å². The van der Waals surface area contributed by atoms with E-state index in [1.165, 1.54) is 0 Å². The van der Waals surface area contributed by atoms with Crippen molar-refractivity contribution >= 4 is 8.18 Å². The van der Waals surface area contributed by atoms with Crippen LogP contribution in [0.2, 0.25) is 0 Å². The lowest BCUT2D eigenvalue weighted by Gasteiger charge is -1.86. The Kier molecular flexibility index (Phi) is 1.91. The molecule has 0 aliphatic carbocycles. The van der Waals surface area contributed by atoms with Crippen LogP contribution >= 0.6 is 8.18 Å². The predicted octanol–water partition coefficient (Wildman–Crippen LogP) is -1.01. The third kappa shape index (κ3) is 2.33. The summed E-state index contributed by atoms with van der Waals surface area (Å²) in [5, 5.41) is 2.24. The van der Waals surface area contributed by atoms with Crippen molar-refractivity contribution in [1.82, 2.24) is 5.09 Å². The van der Waals surface area contributed by atoms with Gasteiger partial charge < -0.3 is 9.63 Å². The first kappa shape index (κ1) is 6.11. The van der Waals surface area contributed by atoms with Crippen molar-refractivity contribution in [3.63, 3.8) is 0 Å². The smallest absolute Gasteiger partial charge is 0.408 e. The van der Waals surface area contributed by atoms with E-state index in [4.69, 9.17) is 4.74 Å². The maximum atomic E-state index is 9.80. The lowest BCUT2D eigenvalue weighted by Crippen LogP contribution is -2.15. The fourth-order valence-corrected chi connectivity index (χ4v) is 0.715. The van der Waals surface area contributed by atoms with Crippen molar-refractivity contribution in [3.05, 3.63) is 0 Å². The van der Waals surface area contributed by atoms with Crippen molar-refractivity contribution in [2.45, 2.75) is 6.10 Å². The molecule has 4 nitrogen and oxygen atoms in total. The van der Waals surface area contributed by atoms with Gasteiger partial charge in [-0.15, -0.1) is 5.09 Å². The molecular weight excluding hydrogens is 129 g/mol. The van der Waals surface area contributed by atoms with Crippen molar-refractivity contribution in [3.8, 4) is 0 Å². The van der Waals surface area contributed by atoms with Gasteiger partial charge in [0, 0.05) is 0 Å². The normalized spacial score (nSPS) is 27.6. The molecule has 0 spiro atoms. The summed E-state index contributed by atoms with van der Waals surface area (Å²) in [6, 6.07) is 0. The molecule has 0 amide bonds. The number of ether oxygens (including phenoxy) is 1. The van der Waals surface area contributed by atoms with Crippen molar-refractivity contribution < 1.29 is 14.2 Å². The number of hydrogen-bond acceptors (Lipinski definition) is 3. The van der Waals surface area contributed by atoms with Crippen LogP contribution in [-0.4, -0.2) is 19.3 Å². The Morgan fingerprint density at radius 1 is 2.00 bits per heavy atom. The maximum absolute atomic E-state index is 9.80. The van der Waals surface area contributed by atoms with Crippen LogP contribution < -0.4 is 9.98 Å². The summed E-state index contributed by atoms with van der Waals surface area (Å²) in [4.78, 5) is 9.80. The summed E-state index contributed by atoms with van der Waals surface area (Å²) >= 11 is 0. The fourth-order valence-electron chi connectivity index (χ4n) is 0.362. The Balaban J connectivity index is 1.95. The van der Waals surface area contributed by atoms with Gasteiger partial charge in [0.2, 0.25) is 0 Å². The molecular formula is C3H6NO3P. The van der Waals surface area contributed by atoms with Gasteiger partial charge in [-0.3, -0.25) is 0 Å². The Morgan fingerprint density at radius 2 is 2.62 bits per heavy atom. The van der Waals surface area contributed by atoms with Crippen LogP contribution in [0.5, 0.6) is 0 Å². The number of rotatable bonds is 3. The summed E-state index contributed by atoms with van der Waals surface area (Å²) in [7, 11) is -2.42. The molecule has 0 radical (unpaired) electrons. The van der Waals surface area contributed by atoms with Crippen LogP contribution in [0.15, 0.2) is 0 Å².